The number of fused-ring (bicyclic) bond motifs is 1. The van der Waals surface area contributed by atoms with Crippen LogP contribution in [0.25, 0.3) is 10.9 Å². The summed E-state index contributed by atoms with van der Waals surface area (Å²) in [5.74, 6) is 0. The maximum absolute atomic E-state index is 12.5. The van der Waals surface area contributed by atoms with Gasteiger partial charge in [0.1, 0.15) is 4.90 Å². The van der Waals surface area contributed by atoms with Gasteiger partial charge in [0.2, 0.25) is 15.5 Å². The first-order valence-corrected chi connectivity index (χ1v) is 7.73. The van der Waals surface area contributed by atoms with Crippen molar-refractivity contribution in [3.05, 3.63) is 40.7 Å². The van der Waals surface area contributed by atoms with E-state index in [1.54, 1.807) is 24.3 Å². The van der Waals surface area contributed by atoms with E-state index >= 15 is 0 Å². The van der Waals surface area contributed by atoms with Crippen LogP contribution in [0.3, 0.4) is 0 Å². The maximum Gasteiger partial charge on any atom is 0.248 e. The van der Waals surface area contributed by atoms with Gasteiger partial charge >= 0.3 is 0 Å². The Kier molecular flexibility index (Phi) is 3.33. The molecule has 20 heavy (non-hydrogen) atoms. The van der Waals surface area contributed by atoms with E-state index in [1.807, 2.05) is 0 Å². The Hall–Kier alpha value is -1.70. The smallest absolute Gasteiger partial charge is 0.248 e. The highest BCUT2D eigenvalue weighted by atomic mass is 32.2. The molecule has 0 amide bonds. The average Bonchev–Trinajstić information content (AvgIpc) is 2.48. The van der Waals surface area contributed by atoms with E-state index in [2.05, 4.69) is 4.98 Å². The molecular weight excluding hydrogens is 280 g/mol. The molecule has 1 aliphatic rings. The first-order valence-electron chi connectivity index (χ1n) is 6.29. The van der Waals surface area contributed by atoms with Crippen molar-refractivity contribution in [1.29, 1.82) is 0 Å². The number of sulfonamides is 1. The molecule has 7 heteroatoms. The molecule has 2 aromatic rings. The van der Waals surface area contributed by atoms with Crippen molar-refractivity contribution in [1.82, 2.24) is 9.29 Å². The quantitative estimate of drug-likeness (QED) is 0.877. The van der Waals surface area contributed by atoms with Crippen LogP contribution in [-0.2, 0) is 14.8 Å². The van der Waals surface area contributed by atoms with Crippen molar-refractivity contribution in [2.24, 2.45) is 0 Å². The molecule has 0 unspecified atom stereocenters. The monoisotopic (exact) mass is 294 g/mol. The second-order valence-corrected chi connectivity index (χ2v) is 6.45. The lowest BCUT2D eigenvalue weighted by Gasteiger charge is -2.25. The Bertz CT molecular complexity index is 791. The summed E-state index contributed by atoms with van der Waals surface area (Å²) in [5, 5.41) is 0.377. The first kappa shape index (κ1) is 13.3. The third-order valence-corrected chi connectivity index (χ3v) is 5.25. The van der Waals surface area contributed by atoms with Gasteiger partial charge in [-0.1, -0.05) is 12.1 Å². The van der Waals surface area contributed by atoms with E-state index in [0.717, 1.165) is 0 Å². The summed E-state index contributed by atoms with van der Waals surface area (Å²) in [6, 6.07) is 6.85. The second kappa shape index (κ2) is 5.01. The van der Waals surface area contributed by atoms with Crippen molar-refractivity contribution in [2.45, 2.75) is 4.90 Å². The number of nitrogens with one attached hydrogen (secondary N) is 1. The maximum atomic E-state index is 12.5. The molecule has 0 radical (unpaired) electrons. The Morgan fingerprint density at radius 2 is 1.85 bits per heavy atom. The summed E-state index contributed by atoms with van der Waals surface area (Å²) < 4.78 is 31.4. The molecule has 1 aliphatic heterocycles. The van der Waals surface area contributed by atoms with E-state index in [4.69, 9.17) is 4.74 Å². The van der Waals surface area contributed by atoms with E-state index in [0.29, 0.717) is 24.1 Å². The van der Waals surface area contributed by atoms with Crippen LogP contribution < -0.4 is 5.43 Å². The van der Waals surface area contributed by atoms with Gasteiger partial charge in [0.25, 0.3) is 0 Å². The fourth-order valence-corrected chi connectivity index (χ4v) is 3.73. The Balaban J connectivity index is 2.14. The Morgan fingerprint density at radius 1 is 1.15 bits per heavy atom. The highest BCUT2D eigenvalue weighted by molar-refractivity contribution is 7.89. The molecule has 0 bridgehead atoms. The number of hydrogen-bond acceptors (Lipinski definition) is 4. The number of para-hydroxylation sites is 1. The number of pyridine rings is 1. The summed E-state index contributed by atoms with van der Waals surface area (Å²) >= 11 is 0. The van der Waals surface area contributed by atoms with Crippen molar-refractivity contribution in [3.63, 3.8) is 0 Å². The predicted octanol–water partition coefficient (Wildman–Crippen LogP) is 0.549. The molecule has 1 N–H and O–H groups in total. The van der Waals surface area contributed by atoms with E-state index in [9.17, 15) is 13.2 Å². The van der Waals surface area contributed by atoms with Crippen LogP contribution in [0.5, 0.6) is 0 Å². The van der Waals surface area contributed by atoms with Crippen LogP contribution in [0.1, 0.15) is 0 Å². The molecular formula is C13H14N2O4S. The van der Waals surface area contributed by atoms with Crippen molar-refractivity contribution >= 4 is 20.9 Å². The number of benzene rings is 1. The highest BCUT2D eigenvalue weighted by Crippen LogP contribution is 2.15. The fourth-order valence-electron chi connectivity index (χ4n) is 2.27. The minimum absolute atomic E-state index is 0.210. The number of morpholine rings is 1. The zero-order valence-electron chi connectivity index (χ0n) is 10.7. The lowest BCUT2D eigenvalue weighted by atomic mass is 10.2. The van der Waals surface area contributed by atoms with E-state index in [1.165, 1.54) is 10.5 Å². The van der Waals surface area contributed by atoms with Crippen molar-refractivity contribution in [3.8, 4) is 0 Å². The van der Waals surface area contributed by atoms with Gasteiger partial charge in [-0.15, -0.1) is 0 Å². The number of ether oxygens (including phenoxy) is 1. The number of aromatic nitrogens is 1. The molecule has 0 saturated carbocycles. The van der Waals surface area contributed by atoms with E-state index in [-0.39, 0.29) is 18.0 Å². The van der Waals surface area contributed by atoms with Crippen LogP contribution in [0.4, 0.5) is 0 Å². The predicted molar refractivity (Wildman–Crippen MR) is 74.1 cm³/mol. The summed E-state index contributed by atoms with van der Waals surface area (Å²) in [7, 11) is -3.77. The van der Waals surface area contributed by atoms with Gasteiger partial charge in [0.15, 0.2) is 0 Å². The standard InChI is InChI=1S/C13H14N2O4S/c16-13-10-3-1-2-4-11(10)14-9-12(13)20(17,18)15-5-7-19-8-6-15/h1-4,9H,5-8H2,(H,14,16). The molecule has 3 rings (SSSR count). The zero-order valence-corrected chi connectivity index (χ0v) is 11.5. The second-order valence-electron chi connectivity index (χ2n) is 4.54. The summed E-state index contributed by atoms with van der Waals surface area (Å²) in [5.41, 5.74) is 0.157. The van der Waals surface area contributed by atoms with Crippen LogP contribution in [0.2, 0.25) is 0 Å². The molecule has 0 atom stereocenters. The third-order valence-electron chi connectivity index (χ3n) is 3.34. The molecule has 1 fully saturated rings. The lowest BCUT2D eigenvalue weighted by Crippen LogP contribution is -2.42. The molecule has 1 saturated heterocycles. The van der Waals surface area contributed by atoms with Gasteiger partial charge in [-0.25, -0.2) is 8.42 Å². The van der Waals surface area contributed by atoms with Crippen LogP contribution in [-0.4, -0.2) is 44.0 Å². The molecule has 0 aliphatic carbocycles. The molecule has 1 aromatic carbocycles. The van der Waals surface area contributed by atoms with Gasteiger partial charge in [0, 0.05) is 30.2 Å². The number of aromatic amines is 1. The molecule has 1 aromatic heterocycles. The van der Waals surface area contributed by atoms with Gasteiger partial charge in [-0.05, 0) is 12.1 Å². The lowest BCUT2D eigenvalue weighted by molar-refractivity contribution is 0.0730. The van der Waals surface area contributed by atoms with E-state index < -0.39 is 15.5 Å². The van der Waals surface area contributed by atoms with Gasteiger partial charge in [-0.3, -0.25) is 4.79 Å². The number of hydrogen-bond donors (Lipinski definition) is 1. The topological polar surface area (TPSA) is 79.5 Å². The fraction of sp³-hybridized carbons (Fsp3) is 0.308. The summed E-state index contributed by atoms with van der Waals surface area (Å²) in [4.78, 5) is 15.0. The van der Waals surface area contributed by atoms with Crippen LogP contribution in [0, 0.1) is 0 Å². The number of H-pyrrole nitrogens is 1. The van der Waals surface area contributed by atoms with Crippen molar-refractivity contribution < 1.29 is 13.2 Å². The van der Waals surface area contributed by atoms with Crippen LogP contribution >= 0.6 is 0 Å². The number of nitrogens with zero attached hydrogens (tertiary/aromatic N) is 1. The molecule has 2 heterocycles. The summed E-state index contributed by atoms with van der Waals surface area (Å²) in [6.45, 7) is 1.25. The molecule has 0 spiro atoms. The molecule has 106 valence electrons. The van der Waals surface area contributed by atoms with Gasteiger partial charge in [0.05, 0.1) is 13.2 Å². The Labute approximate surface area is 116 Å². The summed E-state index contributed by atoms with van der Waals surface area (Å²) in [6.07, 6.45) is 1.27. The normalized spacial score (nSPS) is 17.4. The minimum atomic E-state index is -3.77. The average molecular weight is 294 g/mol. The van der Waals surface area contributed by atoms with Gasteiger partial charge < -0.3 is 9.72 Å². The minimum Gasteiger partial charge on any atom is -0.379 e. The van der Waals surface area contributed by atoms with Crippen LogP contribution in [0.15, 0.2) is 40.2 Å². The first-order chi connectivity index (χ1) is 9.60. The van der Waals surface area contributed by atoms with Gasteiger partial charge in [-0.2, -0.15) is 4.31 Å². The Morgan fingerprint density at radius 3 is 2.60 bits per heavy atom. The zero-order chi connectivity index (χ0) is 14.2. The third kappa shape index (κ3) is 2.13. The largest absolute Gasteiger partial charge is 0.379 e. The van der Waals surface area contributed by atoms with Crippen molar-refractivity contribution in [2.75, 3.05) is 26.3 Å². The highest BCUT2D eigenvalue weighted by Gasteiger charge is 2.29. The SMILES string of the molecule is O=c1c(S(=O)(=O)N2CCOCC2)c[nH]c2ccccc12. The molecule has 6 nitrogen and oxygen atoms in total. The number of rotatable bonds is 2.